The van der Waals surface area contributed by atoms with Crippen molar-refractivity contribution in [3.05, 3.63) is 132 Å². The van der Waals surface area contributed by atoms with E-state index in [1.165, 1.54) is 10.4 Å². The minimum atomic E-state index is -2.87. The standard InChI is InChI=1S/C37H44O6Si/c1-37(2,3)44(30-21-13-7-14-22-30,31-23-15-8-16-24-31)42-27-32-34(40-25-28-17-9-5-10-18-28)33(38)35(36(39-4)43-32)41-26-29-19-11-6-12-20-29/h5-24,32-36,38H,25-27H2,1-4H3/t32-,33+,34-,35+,36+/m1/s1. The first-order valence-electron chi connectivity index (χ1n) is 15.3. The minimum Gasteiger partial charge on any atom is -0.405 e. The minimum absolute atomic E-state index is 0.203. The van der Waals surface area contributed by atoms with Crippen molar-refractivity contribution in [2.45, 2.75) is 69.7 Å². The number of rotatable bonds is 12. The van der Waals surface area contributed by atoms with Gasteiger partial charge in [0.1, 0.15) is 24.4 Å². The molecule has 1 N–H and O–H groups in total. The molecule has 1 aliphatic rings. The number of methoxy groups -OCH3 is 1. The predicted molar refractivity (Wildman–Crippen MR) is 175 cm³/mol. The van der Waals surface area contributed by atoms with E-state index in [0.29, 0.717) is 13.2 Å². The number of ether oxygens (including phenoxy) is 4. The zero-order valence-electron chi connectivity index (χ0n) is 26.0. The van der Waals surface area contributed by atoms with Crippen LogP contribution < -0.4 is 10.4 Å². The van der Waals surface area contributed by atoms with Crippen molar-refractivity contribution in [3.63, 3.8) is 0 Å². The third-order valence-electron chi connectivity index (χ3n) is 8.30. The molecule has 4 aromatic rings. The van der Waals surface area contributed by atoms with Crippen molar-refractivity contribution in [1.29, 1.82) is 0 Å². The molecule has 0 aliphatic carbocycles. The molecule has 0 aromatic heterocycles. The molecular weight excluding hydrogens is 568 g/mol. The first-order valence-corrected chi connectivity index (χ1v) is 17.2. The van der Waals surface area contributed by atoms with Gasteiger partial charge in [0, 0.05) is 7.11 Å². The van der Waals surface area contributed by atoms with E-state index in [1.807, 2.05) is 72.8 Å². The largest absolute Gasteiger partial charge is 0.405 e. The highest BCUT2D eigenvalue weighted by Gasteiger charge is 2.53. The second kappa shape index (κ2) is 14.8. The lowest BCUT2D eigenvalue weighted by Crippen LogP contribution is -2.68. The molecule has 5 atom stereocenters. The SMILES string of the molecule is CO[C@H]1O[C@H](CO[Si](c2ccccc2)(c2ccccc2)C(C)(C)C)[C@@H](OCc2ccccc2)[C@H](O)[C@@H]1OCc1ccccc1. The summed E-state index contributed by atoms with van der Waals surface area (Å²) >= 11 is 0. The zero-order chi connectivity index (χ0) is 31.0. The number of aliphatic hydroxyl groups is 1. The molecule has 1 saturated heterocycles. The predicted octanol–water partition coefficient (Wildman–Crippen LogP) is 5.47. The fraction of sp³-hybridized carbons (Fsp3) is 0.351. The first kappa shape index (κ1) is 32.3. The highest BCUT2D eigenvalue weighted by atomic mass is 28.4. The van der Waals surface area contributed by atoms with Crippen molar-refractivity contribution in [2.75, 3.05) is 13.7 Å². The molecule has 4 aromatic carbocycles. The highest BCUT2D eigenvalue weighted by Crippen LogP contribution is 2.38. The smallest absolute Gasteiger partial charge is 0.261 e. The van der Waals surface area contributed by atoms with Gasteiger partial charge in [0.15, 0.2) is 6.29 Å². The van der Waals surface area contributed by atoms with Crippen molar-refractivity contribution in [2.24, 2.45) is 0 Å². The molecule has 1 fully saturated rings. The van der Waals surface area contributed by atoms with Gasteiger partial charge in [-0.1, -0.05) is 142 Å². The average Bonchev–Trinajstić information content (AvgIpc) is 3.05. The molecule has 0 bridgehead atoms. The van der Waals surface area contributed by atoms with Gasteiger partial charge >= 0.3 is 0 Å². The fourth-order valence-electron chi connectivity index (χ4n) is 6.10. The van der Waals surface area contributed by atoms with E-state index >= 15 is 0 Å². The van der Waals surface area contributed by atoms with E-state index in [4.69, 9.17) is 23.4 Å². The van der Waals surface area contributed by atoms with E-state index in [-0.39, 0.29) is 11.6 Å². The monoisotopic (exact) mass is 612 g/mol. The molecule has 7 heteroatoms. The third kappa shape index (κ3) is 7.21. The van der Waals surface area contributed by atoms with Crippen LogP contribution in [0.3, 0.4) is 0 Å². The van der Waals surface area contributed by atoms with Crippen molar-refractivity contribution >= 4 is 18.7 Å². The Hall–Kier alpha value is -3.14. The Balaban J connectivity index is 1.46. The molecule has 5 rings (SSSR count). The summed E-state index contributed by atoms with van der Waals surface area (Å²) < 4.78 is 32.2. The van der Waals surface area contributed by atoms with E-state index in [9.17, 15) is 5.11 Å². The highest BCUT2D eigenvalue weighted by molar-refractivity contribution is 6.99. The Morgan fingerprint density at radius 3 is 1.52 bits per heavy atom. The van der Waals surface area contributed by atoms with Gasteiger partial charge in [0.2, 0.25) is 0 Å². The molecule has 6 nitrogen and oxygen atoms in total. The lowest BCUT2D eigenvalue weighted by molar-refractivity contribution is -0.312. The number of hydrogen-bond acceptors (Lipinski definition) is 6. The van der Waals surface area contributed by atoms with E-state index in [2.05, 4.69) is 69.3 Å². The molecule has 44 heavy (non-hydrogen) atoms. The molecule has 0 spiro atoms. The van der Waals surface area contributed by atoms with Gasteiger partial charge in [-0.25, -0.2) is 0 Å². The normalized spacial score (nSPS) is 22.5. The third-order valence-corrected chi connectivity index (χ3v) is 13.3. The van der Waals surface area contributed by atoms with Gasteiger partial charge < -0.3 is 28.5 Å². The maximum atomic E-state index is 11.8. The van der Waals surface area contributed by atoms with Gasteiger partial charge in [0.05, 0.1) is 19.8 Å². The molecule has 1 aliphatic heterocycles. The summed E-state index contributed by atoms with van der Waals surface area (Å²) in [5.74, 6) is 0. The van der Waals surface area contributed by atoms with E-state index < -0.39 is 39.0 Å². The Morgan fingerprint density at radius 1 is 0.659 bits per heavy atom. The zero-order valence-corrected chi connectivity index (χ0v) is 27.0. The lowest BCUT2D eigenvalue weighted by Gasteiger charge is -2.47. The first-order chi connectivity index (χ1) is 21.3. The number of aliphatic hydroxyl groups excluding tert-OH is 1. The lowest BCUT2D eigenvalue weighted by atomic mass is 9.98. The van der Waals surface area contributed by atoms with Gasteiger partial charge in [-0.05, 0) is 26.5 Å². The van der Waals surface area contributed by atoms with Crippen LogP contribution in [0.25, 0.3) is 0 Å². The van der Waals surface area contributed by atoms with Crippen LogP contribution in [0.5, 0.6) is 0 Å². The van der Waals surface area contributed by atoms with Crippen LogP contribution in [-0.4, -0.2) is 57.8 Å². The van der Waals surface area contributed by atoms with Gasteiger partial charge in [0.25, 0.3) is 8.32 Å². The number of benzene rings is 4. The summed E-state index contributed by atoms with van der Waals surface area (Å²) in [5, 5.41) is 14.0. The Kier molecular flexibility index (Phi) is 10.8. The van der Waals surface area contributed by atoms with E-state index in [1.54, 1.807) is 7.11 Å². The van der Waals surface area contributed by atoms with Crippen LogP contribution in [0.1, 0.15) is 31.9 Å². The topological polar surface area (TPSA) is 66.4 Å². The van der Waals surface area contributed by atoms with Crippen LogP contribution in [-0.2, 0) is 36.6 Å². The number of hydrogen-bond donors (Lipinski definition) is 1. The Morgan fingerprint density at radius 2 is 1.09 bits per heavy atom. The molecule has 232 valence electrons. The van der Waals surface area contributed by atoms with Gasteiger partial charge in [-0.15, -0.1) is 0 Å². The molecule has 0 radical (unpaired) electrons. The van der Waals surface area contributed by atoms with Crippen LogP contribution in [0.4, 0.5) is 0 Å². The second-order valence-corrected chi connectivity index (χ2v) is 16.6. The summed E-state index contributed by atoms with van der Waals surface area (Å²) in [6.07, 6.45) is -3.92. The summed E-state index contributed by atoms with van der Waals surface area (Å²) in [7, 11) is -1.30. The quantitative estimate of drug-likeness (QED) is 0.214. The molecule has 1 heterocycles. The summed E-state index contributed by atoms with van der Waals surface area (Å²) in [4.78, 5) is 0. The molecule has 0 unspecified atom stereocenters. The molecule has 0 amide bonds. The van der Waals surface area contributed by atoms with Crippen molar-refractivity contribution in [3.8, 4) is 0 Å². The van der Waals surface area contributed by atoms with Crippen LogP contribution in [0.15, 0.2) is 121 Å². The Bertz CT molecular complexity index is 1360. The van der Waals surface area contributed by atoms with Crippen LogP contribution in [0.2, 0.25) is 5.04 Å². The van der Waals surface area contributed by atoms with E-state index in [0.717, 1.165) is 11.1 Å². The van der Waals surface area contributed by atoms with Gasteiger partial charge in [-0.2, -0.15) is 0 Å². The van der Waals surface area contributed by atoms with Crippen molar-refractivity contribution in [1.82, 2.24) is 0 Å². The fourth-order valence-corrected chi connectivity index (χ4v) is 10.7. The van der Waals surface area contributed by atoms with Gasteiger partial charge in [-0.3, -0.25) is 0 Å². The summed E-state index contributed by atoms with van der Waals surface area (Å²) in [5.41, 5.74) is 2.00. The second-order valence-electron chi connectivity index (χ2n) is 12.3. The molecule has 0 saturated carbocycles. The average molecular weight is 613 g/mol. The maximum absolute atomic E-state index is 11.8. The van der Waals surface area contributed by atoms with Crippen LogP contribution in [0, 0.1) is 0 Å². The maximum Gasteiger partial charge on any atom is 0.261 e. The van der Waals surface area contributed by atoms with Crippen molar-refractivity contribution < 1.29 is 28.5 Å². The summed E-state index contributed by atoms with van der Waals surface area (Å²) in [6.45, 7) is 7.54. The molecular formula is C37H44O6Si. The Labute approximate surface area is 262 Å². The summed E-state index contributed by atoms with van der Waals surface area (Å²) in [6, 6.07) is 40.8. The van der Waals surface area contributed by atoms with Crippen LogP contribution >= 0.6 is 0 Å².